The van der Waals surface area contributed by atoms with Crippen LogP contribution in [0.5, 0.6) is 0 Å². The van der Waals surface area contributed by atoms with Gasteiger partial charge in [0.05, 0.1) is 18.4 Å². The Kier molecular flexibility index (Phi) is 5.03. The zero-order chi connectivity index (χ0) is 16.9. The number of benzene rings is 1. The maximum atomic E-state index is 12.3. The van der Waals surface area contributed by atoms with E-state index in [0.717, 1.165) is 29.7 Å². The van der Waals surface area contributed by atoms with Gasteiger partial charge in [-0.25, -0.2) is 4.79 Å². The molecule has 128 valence electrons. The van der Waals surface area contributed by atoms with E-state index in [1.54, 1.807) is 6.26 Å². The monoisotopic (exact) mass is 329 g/mol. The number of piperidine rings is 1. The van der Waals surface area contributed by atoms with Crippen LogP contribution in [0.15, 0.2) is 36.1 Å². The van der Waals surface area contributed by atoms with Gasteiger partial charge < -0.3 is 20.3 Å². The second-order valence-corrected chi connectivity index (χ2v) is 6.29. The van der Waals surface area contributed by atoms with E-state index in [1.165, 1.54) is 0 Å². The van der Waals surface area contributed by atoms with Crippen molar-refractivity contribution in [2.24, 2.45) is 0 Å². The topological polar surface area (TPSA) is 70.7 Å². The van der Waals surface area contributed by atoms with Gasteiger partial charge in [-0.15, -0.1) is 0 Å². The molecular formula is C18H23N3O3. The van der Waals surface area contributed by atoms with Crippen LogP contribution >= 0.6 is 0 Å². The van der Waals surface area contributed by atoms with Crippen LogP contribution in [0.3, 0.4) is 0 Å². The Morgan fingerprint density at radius 3 is 2.50 bits per heavy atom. The molecule has 3 rings (SSSR count). The molecule has 1 fully saturated rings. The lowest BCUT2D eigenvalue weighted by Crippen LogP contribution is -2.47. The molecule has 2 N–H and O–H groups in total. The van der Waals surface area contributed by atoms with Gasteiger partial charge in [-0.05, 0) is 31.9 Å². The Labute approximate surface area is 141 Å². The fraction of sp³-hybridized carbons (Fsp3) is 0.444. The van der Waals surface area contributed by atoms with Crippen molar-refractivity contribution in [1.82, 2.24) is 10.2 Å². The fourth-order valence-corrected chi connectivity index (χ4v) is 2.96. The minimum Gasteiger partial charge on any atom is -0.500 e. The first-order chi connectivity index (χ1) is 11.6. The van der Waals surface area contributed by atoms with Crippen molar-refractivity contribution in [1.29, 1.82) is 0 Å². The maximum Gasteiger partial charge on any atom is 0.319 e. The highest BCUT2D eigenvalue weighted by Gasteiger charge is 2.26. The standard InChI is InChI=1S/C18H23N3O3/c1-13-2-4-15(5-3-13)19-18(23)20-16-6-9-21(10-7-16)17(22)14-8-11-24-12-14/h2-5,12,16H,6-11H2,1H3,(H2,19,20,23). The minimum atomic E-state index is -0.199. The summed E-state index contributed by atoms with van der Waals surface area (Å²) < 4.78 is 5.13. The number of likely N-dealkylation sites (tertiary alicyclic amines) is 1. The molecule has 0 radical (unpaired) electrons. The van der Waals surface area contributed by atoms with Gasteiger partial charge in [0.25, 0.3) is 5.91 Å². The van der Waals surface area contributed by atoms with Gasteiger partial charge in [0, 0.05) is 31.2 Å². The number of amides is 3. The minimum absolute atomic E-state index is 0.0649. The number of aryl methyl sites for hydroxylation is 1. The van der Waals surface area contributed by atoms with Crippen LogP contribution in [0.2, 0.25) is 0 Å². The summed E-state index contributed by atoms with van der Waals surface area (Å²) >= 11 is 0. The SMILES string of the molecule is Cc1ccc(NC(=O)NC2CCN(C(=O)C3=COCC3)CC2)cc1. The summed E-state index contributed by atoms with van der Waals surface area (Å²) in [5.41, 5.74) is 2.68. The number of carbonyl (C=O) groups is 2. The lowest BCUT2D eigenvalue weighted by Gasteiger charge is -2.32. The largest absolute Gasteiger partial charge is 0.500 e. The predicted octanol–water partition coefficient (Wildman–Crippen LogP) is 2.41. The van der Waals surface area contributed by atoms with E-state index in [1.807, 2.05) is 36.1 Å². The smallest absolute Gasteiger partial charge is 0.319 e. The predicted molar refractivity (Wildman–Crippen MR) is 91.6 cm³/mol. The van der Waals surface area contributed by atoms with Gasteiger partial charge in [-0.2, -0.15) is 0 Å². The molecule has 0 aromatic heterocycles. The first-order valence-corrected chi connectivity index (χ1v) is 8.36. The number of nitrogens with one attached hydrogen (secondary N) is 2. The Hall–Kier alpha value is -2.50. The Balaban J connectivity index is 1.44. The van der Waals surface area contributed by atoms with Gasteiger partial charge in [0.2, 0.25) is 0 Å². The number of urea groups is 1. The van der Waals surface area contributed by atoms with Crippen molar-refractivity contribution < 1.29 is 14.3 Å². The quantitative estimate of drug-likeness (QED) is 0.894. The van der Waals surface area contributed by atoms with Crippen molar-refractivity contribution in [3.8, 4) is 0 Å². The summed E-state index contributed by atoms with van der Waals surface area (Å²) in [5.74, 6) is 0.0649. The van der Waals surface area contributed by atoms with E-state index in [2.05, 4.69) is 10.6 Å². The van der Waals surface area contributed by atoms with Gasteiger partial charge in [0.1, 0.15) is 0 Å². The van der Waals surface area contributed by atoms with Crippen LogP contribution in [0.4, 0.5) is 10.5 Å². The second-order valence-electron chi connectivity index (χ2n) is 6.29. The highest BCUT2D eigenvalue weighted by molar-refractivity contribution is 5.93. The number of rotatable bonds is 3. The second kappa shape index (κ2) is 7.38. The summed E-state index contributed by atoms with van der Waals surface area (Å²) in [6.07, 6.45) is 3.79. The van der Waals surface area contributed by atoms with Crippen LogP contribution < -0.4 is 10.6 Å². The Morgan fingerprint density at radius 2 is 1.88 bits per heavy atom. The number of anilines is 1. The molecule has 6 heteroatoms. The van der Waals surface area contributed by atoms with Crippen molar-refractivity contribution in [2.45, 2.75) is 32.2 Å². The number of hydrogen-bond donors (Lipinski definition) is 2. The molecule has 0 spiro atoms. The van der Waals surface area contributed by atoms with Gasteiger partial charge >= 0.3 is 6.03 Å². The average molecular weight is 329 g/mol. The van der Waals surface area contributed by atoms with Crippen molar-refractivity contribution >= 4 is 17.6 Å². The molecule has 0 bridgehead atoms. The zero-order valence-electron chi connectivity index (χ0n) is 13.9. The van der Waals surface area contributed by atoms with Crippen LogP contribution in [-0.4, -0.2) is 42.6 Å². The van der Waals surface area contributed by atoms with E-state index in [0.29, 0.717) is 26.1 Å². The van der Waals surface area contributed by atoms with Crippen molar-refractivity contribution in [2.75, 3.05) is 25.0 Å². The van der Waals surface area contributed by atoms with Crippen LogP contribution in [0.25, 0.3) is 0 Å². The highest BCUT2D eigenvalue weighted by atomic mass is 16.5. The van der Waals surface area contributed by atoms with E-state index in [-0.39, 0.29) is 18.0 Å². The third-order valence-electron chi connectivity index (χ3n) is 4.42. The highest BCUT2D eigenvalue weighted by Crippen LogP contribution is 2.18. The normalized spacial score (nSPS) is 17.9. The zero-order valence-corrected chi connectivity index (χ0v) is 13.9. The number of carbonyl (C=O) groups excluding carboxylic acids is 2. The third-order valence-corrected chi connectivity index (χ3v) is 4.42. The molecule has 2 aliphatic rings. The lowest BCUT2D eigenvalue weighted by molar-refractivity contribution is -0.128. The van der Waals surface area contributed by atoms with E-state index >= 15 is 0 Å². The van der Waals surface area contributed by atoms with Crippen LogP contribution in [0.1, 0.15) is 24.8 Å². The maximum absolute atomic E-state index is 12.3. The molecule has 1 saturated heterocycles. The summed E-state index contributed by atoms with van der Waals surface area (Å²) in [4.78, 5) is 26.2. The summed E-state index contributed by atoms with van der Waals surface area (Å²) in [6.45, 7) is 3.92. The molecular weight excluding hydrogens is 306 g/mol. The van der Waals surface area contributed by atoms with Crippen molar-refractivity contribution in [3.05, 3.63) is 41.7 Å². The molecule has 0 saturated carbocycles. The summed E-state index contributed by atoms with van der Waals surface area (Å²) in [5, 5.41) is 5.82. The number of ether oxygens (including phenoxy) is 1. The van der Waals surface area contributed by atoms with E-state index in [4.69, 9.17) is 4.74 Å². The van der Waals surface area contributed by atoms with Gasteiger partial charge in [-0.1, -0.05) is 17.7 Å². The molecule has 2 aliphatic heterocycles. The third kappa shape index (κ3) is 4.07. The van der Waals surface area contributed by atoms with Crippen LogP contribution in [0, 0.1) is 6.92 Å². The molecule has 1 aromatic carbocycles. The lowest BCUT2D eigenvalue weighted by atomic mass is 10.0. The summed E-state index contributed by atoms with van der Waals surface area (Å²) in [6, 6.07) is 7.58. The first kappa shape index (κ1) is 16.4. The fourth-order valence-electron chi connectivity index (χ4n) is 2.96. The van der Waals surface area contributed by atoms with Gasteiger partial charge in [-0.3, -0.25) is 4.79 Å². The van der Waals surface area contributed by atoms with E-state index < -0.39 is 0 Å². The molecule has 6 nitrogen and oxygen atoms in total. The van der Waals surface area contributed by atoms with Crippen LogP contribution in [-0.2, 0) is 9.53 Å². The van der Waals surface area contributed by atoms with Crippen molar-refractivity contribution in [3.63, 3.8) is 0 Å². The molecule has 0 atom stereocenters. The average Bonchev–Trinajstić information content (AvgIpc) is 3.11. The molecule has 24 heavy (non-hydrogen) atoms. The van der Waals surface area contributed by atoms with E-state index in [9.17, 15) is 9.59 Å². The number of nitrogens with zero attached hydrogens (tertiary/aromatic N) is 1. The van der Waals surface area contributed by atoms with Gasteiger partial charge in [0.15, 0.2) is 0 Å². The molecule has 0 unspecified atom stereocenters. The molecule has 3 amide bonds. The number of hydrogen-bond acceptors (Lipinski definition) is 3. The Morgan fingerprint density at radius 1 is 1.17 bits per heavy atom. The molecule has 2 heterocycles. The molecule has 1 aromatic rings. The Bertz CT molecular complexity index is 631. The first-order valence-electron chi connectivity index (χ1n) is 8.36. The molecule has 0 aliphatic carbocycles. The summed E-state index contributed by atoms with van der Waals surface area (Å²) in [7, 11) is 0.